The van der Waals surface area contributed by atoms with Crippen molar-refractivity contribution in [3.8, 4) is 5.75 Å². The Kier molecular flexibility index (Phi) is 5.08. The summed E-state index contributed by atoms with van der Waals surface area (Å²) in [4.78, 5) is 11.9. The largest absolute Gasteiger partial charge is 0.490 e. The molecule has 1 unspecified atom stereocenters. The lowest BCUT2D eigenvalue weighted by molar-refractivity contribution is 0.293. The maximum absolute atomic E-state index is 13.7. The summed E-state index contributed by atoms with van der Waals surface area (Å²) >= 11 is 3.18. The summed E-state index contributed by atoms with van der Waals surface area (Å²) in [7, 11) is 0. The minimum atomic E-state index is -0.393. The van der Waals surface area contributed by atoms with Gasteiger partial charge in [-0.2, -0.15) is 5.10 Å². The zero-order chi connectivity index (χ0) is 15.4. The highest BCUT2D eigenvalue weighted by Gasteiger charge is 2.07. The van der Waals surface area contributed by atoms with Crippen LogP contribution in [0.5, 0.6) is 5.75 Å². The molecule has 2 rings (SSSR count). The number of nitrogens with two attached hydrogens (primary N) is 1. The number of rotatable bonds is 5. The van der Waals surface area contributed by atoms with Crippen molar-refractivity contribution in [3.05, 3.63) is 56.7 Å². The van der Waals surface area contributed by atoms with Gasteiger partial charge in [-0.05, 0) is 19.1 Å². The summed E-state index contributed by atoms with van der Waals surface area (Å²) in [5.41, 5.74) is 5.59. The molecule has 0 saturated carbocycles. The third-order valence-corrected chi connectivity index (χ3v) is 3.19. The van der Waals surface area contributed by atoms with Crippen LogP contribution in [0.15, 0.2) is 39.7 Å². The van der Waals surface area contributed by atoms with Gasteiger partial charge in [-0.1, -0.05) is 22.0 Å². The molecule has 0 radical (unpaired) electrons. The first-order chi connectivity index (χ1) is 9.95. The monoisotopic (exact) mass is 355 g/mol. The summed E-state index contributed by atoms with van der Waals surface area (Å²) in [6.45, 7) is 2.16. The Bertz CT molecular complexity index is 688. The molecule has 21 heavy (non-hydrogen) atoms. The molecule has 0 aliphatic heterocycles. The summed E-state index contributed by atoms with van der Waals surface area (Å²) in [6, 6.07) is 5.84. The molecule has 1 aromatic heterocycles. The molecule has 0 saturated heterocycles. The first kappa shape index (κ1) is 15.7. The van der Waals surface area contributed by atoms with Crippen molar-refractivity contribution in [3.63, 3.8) is 0 Å². The first-order valence-corrected chi connectivity index (χ1v) is 7.14. The molecule has 1 heterocycles. The van der Waals surface area contributed by atoms with E-state index in [0.29, 0.717) is 22.4 Å². The van der Waals surface area contributed by atoms with Gasteiger partial charge in [0.2, 0.25) is 0 Å². The van der Waals surface area contributed by atoms with E-state index < -0.39 is 5.82 Å². The molecule has 0 amide bonds. The molecule has 7 heteroatoms. The van der Waals surface area contributed by atoms with Gasteiger partial charge in [0.15, 0.2) is 0 Å². The second kappa shape index (κ2) is 6.82. The number of aromatic nitrogens is 2. The van der Waals surface area contributed by atoms with E-state index in [9.17, 15) is 9.18 Å². The van der Waals surface area contributed by atoms with Crippen LogP contribution in [-0.4, -0.2) is 22.4 Å². The second-order valence-corrected chi connectivity index (χ2v) is 5.63. The molecule has 112 valence electrons. The SMILES string of the molecule is CC(N)COc1cnn(Cc2ccc(Br)cc2F)c(=O)c1. The Hall–Kier alpha value is -1.73. The van der Waals surface area contributed by atoms with Gasteiger partial charge < -0.3 is 10.5 Å². The van der Waals surface area contributed by atoms with Crippen molar-refractivity contribution in [1.82, 2.24) is 9.78 Å². The number of halogens is 2. The van der Waals surface area contributed by atoms with Gasteiger partial charge in [0.25, 0.3) is 5.56 Å². The van der Waals surface area contributed by atoms with Gasteiger partial charge >= 0.3 is 0 Å². The van der Waals surface area contributed by atoms with E-state index in [2.05, 4.69) is 21.0 Å². The third kappa shape index (κ3) is 4.37. The highest BCUT2D eigenvalue weighted by atomic mass is 79.9. The van der Waals surface area contributed by atoms with E-state index in [1.54, 1.807) is 19.1 Å². The van der Waals surface area contributed by atoms with Gasteiger partial charge in [-0.3, -0.25) is 4.79 Å². The van der Waals surface area contributed by atoms with E-state index in [-0.39, 0.29) is 18.1 Å². The lowest BCUT2D eigenvalue weighted by Crippen LogP contribution is -2.26. The van der Waals surface area contributed by atoms with Gasteiger partial charge in [0.05, 0.1) is 12.7 Å². The quantitative estimate of drug-likeness (QED) is 0.889. The number of hydrogen-bond acceptors (Lipinski definition) is 4. The molecule has 0 fully saturated rings. The molecular weight excluding hydrogens is 341 g/mol. The van der Waals surface area contributed by atoms with Crippen LogP contribution in [0.3, 0.4) is 0 Å². The fourth-order valence-electron chi connectivity index (χ4n) is 1.65. The minimum absolute atomic E-state index is 0.0610. The average molecular weight is 356 g/mol. The van der Waals surface area contributed by atoms with E-state index in [0.717, 1.165) is 0 Å². The van der Waals surface area contributed by atoms with Crippen LogP contribution in [0.25, 0.3) is 0 Å². The number of hydrogen-bond donors (Lipinski definition) is 1. The van der Waals surface area contributed by atoms with E-state index in [1.807, 2.05) is 0 Å². The number of benzene rings is 1. The minimum Gasteiger partial charge on any atom is -0.490 e. The normalized spacial score (nSPS) is 12.2. The topological polar surface area (TPSA) is 70.1 Å². The summed E-state index contributed by atoms with van der Waals surface area (Å²) < 4.78 is 20.9. The molecule has 2 aromatic rings. The third-order valence-electron chi connectivity index (χ3n) is 2.69. The predicted molar refractivity (Wildman–Crippen MR) is 80.8 cm³/mol. The Morgan fingerprint density at radius 3 is 2.86 bits per heavy atom. The molecule has 2 N–H and O–H groups in total. The Morgan fingerprint density at radius 2 is 2.24 bits per heavy atom. The van der Waals surface area contributed by atoms with Gasteiger partial charge in [0.1, 0.15) is 18.2 Å². The van der Waals surface area contributed by atoms with Crippen LogP contribution in [0.4, 0.5) is 4.39 Å². The second-order valence-electron chi connectivity index (χ2n) is 4.71. The van der Waals surface area contributed by atoms with Crippen LogP contribution in [0, 0.1) is 5.82 Å². The fraction of sp³-hybridized carbons (Fsp3) is 0.286. The van der Waals surface area contributed by atoms with Crippen molar-refractivity contribution in [1.29, 1.82) is 0 Å². The molecule has 1 aromatic carbocycles. The fourth-order valence-corrected chi connectivity index (χ4v) is 1.99. The maximum Gasteiger partial charge on any atom is 0.270 e. The van der Waals surface area contributed by atoms with E-state index >= 15 is 0 Å². The highest BCUT2D eigenvalue weighted by molar-refractivity contribution is 9.10. The zero-order valence-electron chi connectivity index (χ0n) is 11.4. The molecule has 0 aliphatic carbocycles. The average Bonchev–Trinajstić information content (AvgIpc) is 2.42. The molecule has 0 bridgehead atoms. The van der Waals surface area contributed by atoms with E-state index in [1.165, 1.54) is 23.0 Å². The lowest BCUT2D eigenvalue weighted by Gasteiger charge is -2.10. The highest BCUT2D eigenvalue weighted by Crippen LogP contribution is 2.15. The van der Waals surface area contributed by atoms with Crippen LogP contribution in [0.1, 0.15) is 12.5 Å². The van der Waals surface area contributed by atoms with Crippen molar-refractivity contribution < 1.29 is 9.13 Å². The summed E-state index contributed by atoms with van der Waals surface area (Å²) in [6.07, 6.45) is 1.42. The van der Waals surface area contributed by atoms with Gasteiger partial charge in [0, 0.05) is 22.1 Å². The molecular formula is C14H15BrFN3O2. The van der Waals surface area contributed by atoms with Crippen LogP contribution >= 0.6 is 15.9 Å². The Balaban J connectivity index is 2.16. The summed E-state index contributed by atoms with van der Waals surface area (Å²) in [5.74, 6) is -0.0415. The van der Waals surface area contributed by atoms with Gasteiger partial charge in [-0.15, -0.1) is 0 Å². The Labute approximate surface area is 129 Å². The van der Waals surface area contributed by atoms with E-state index in [4.69, 9.17) is 10.5 Å². The lowest BCUT2D eigenvalue weighted by atomic mass is 10.2. The molecule has 0 spiro atoms. The van der Waals surface area contributed by atoms with Crippen molar-refractivity contribution >= 4 is 15.9 Å². The summed E-state index contributed by atoms with van der Waals surface area (Å²) in [5, 5.41) is 3.97. The van der Waals surface area contributed by atoms with Crippen molar-refractivity contribution in [2.75, 3.05) is 6.61 Å². The van der Waals surface area contributed by atoms with Gasteiger partial charge in [-0.25, -0.2) is 9.07 Å². The molecule has 1 atom stereocenters. The molecule has 5 nitrogen and oxygen atoms in total. The predicted octanol–water partition coefficient (Wildman–Crippen LogP) is 1.92. The van der Waals surface area contributed by atoms with Crippen molar-refractivity contribution in [2.45, 2.75) is 19.5 Å². The first-order valence-electron chi connectivity index (χ1n) is 6.35. The van der Waals surface area contributed by atoms with Crippen LogP contribution in [-0.2, 0) is 6.54 Å². The van der Waals surface area contributed by atoms with Crippen LogP contribution in [0.2, 0.25) is 0 Å². The van der Waals surface area contributed by atoms with Crippen LogP contribution < -0.4 is 16.0 Å². The van der Waals surface area contributed by atoms with Crippen molar-refractivity contribution in [2.24, 2.45) is 5.73 Å². The molecule has 0 aliphatic rings. The smallest absolute Gasteiger partial charge is 0.270 e. The zero-order valence-corrected chi connectivity index (χ0v) is 13.0. The maximum atomic E-state index is 13.7. The number of ether oxygens (including phenoxy) is 1. The standard InChI is InChI=1S/C14H15BrFN3O2/c1-9(17)8-21-12-5-14(20)19(18-6-12)7-10-2-3-11(15)4-13(10)16/h2-6,9H,7-8,17H2,1H3. The Morgan fingerprint density at radius 1 is 1.48 bits per heavy atom. The number of nitrogens with zero attached hydrogens (tertiary/aromatic N) is 2.